The Morgan fingerprint density at radius 1 is 0.500 bits per heavy atom. The van der Waals surface area contributed by atoms with Crippen LogP contribution in [-0.4, -0.2) is 39.3 Å². The van der Waals surface area contributed by atoms with Gasteiger partial charge in [0.1, 0.15) is 0 Å². The van der Waals surface area contributed by atoms with Crippen LogP contribution in [0.25, 0.3) is 0 Å². The summed E-state index contributed by atoms with van der Waals surface area (Å²) in [7, 11) is 0. The Labute approximate surface area is 141 Å². The van der Waals surface area contributed by atoms with Gasteiger partial charge in [0.05, 0.1) is 0 Å². The van der Waals surface area contributed by atoms with Crippen molar-refractivity contribution in [3.05, 3.63) is 0 Å². The van der Waals surface area contributed by atoms with E-state index in [1.807, 2.05) is 13.8 Å². The zero-order valence-electron chi connectivity index (χ0n) is 16.4. The molecule has 0 aromatic rings. The van der Waals surface area contributed by atoms with Gasteiger partial charge in [-0.25, -0.2) is 0 Å². The van der Waals surface area contributed by atoms with Gasteiger partial charge in [-0.15, -0.1) is 0 Å². The monoisotopic (exact) mass is 315 g/mol. The molecule has 0 saturated carbocycles. The fraction of sp³-hybridized carbons (Fsp3) is 1.00. The summed E-state index contributed by atoms with van der Waals surface area (Å²) in [5.41, 5.74) is 0. The maximum atomic E-state index is 3.53. The van der Waals surface area contributed by atoms with Crippen molar-refractivity contribution in [1.82, 2.24) is 16.0 Å². The third-order valence-corrected chi connectivity index (χ3v) is 3.46. The second-order valence-corrected chi connectivity index (χ2v) is 6.68. The molecular weight excluding hydrogens is 270 g/mol. The number of unbranched alkanes of at least 4 members (excludes halogenated alkanes) is 1. The largest absolute Gasteiger partial charge is 0.317 e. The van der Waals surface area contributed by atoms with Crippen molar-refractivity contribution in [3.63, 3.8) is 0 Å². The van der Waals surface area contributed by atoms with Gasteiger partial charge < -0.3 is 16.0 Å². The lowest BCUT2D eigenvalue weighted by Gasteiger charge is -2.08. The minimum Gasteiger partial charge on any atom is -0.317 e. The number of hydrogen-bond donors (Lipinski definition) is 3. The van der Waals surface area contributed by atoms with Gasteiger partial charge in [-0.3, -0.25) is 0 Å². The predicted octanol–water partition coefficient (Wildman–Crippen LogP) is 4.04. The molecule has 3 N–H and O–H groups in total. The highest BCUT2D eigenvalue weighted by Crippen LogP contribution is 1.97. The van der Waals surface area contributed by atoms with Gasteiger partial charge in [0, 0.05) is 0 Å². The summed E-state index contributed by atoms with van der Waals surface area (Å²) in [6.07, 6.45) is 6.40. The third kappa shape index (κ3) is 24.9. The summed E-state index contributed by atoms with van der Waals surface area (Å²) in [4.78, 5) is 0. The van der Waals surface area contributed by atoms with Crippen LogP contribution >= 0.6 is 0 Å². The fourth-order valence-electron chi connectivity index (χ4n) is 1.99. The van der Waals surface area contributed by atoms with Crippen LogP contribution in [0.3, 0.4) is 0 Å². The van der Waals surface area contributed by atoms with Gasteiger partial charge in [-0.05, 0) is 83.2 Å². The van der Waals surface area contributed by atoms with Crippen LogP contribution in [0.1, 0.15) is 73.6 Å². The van der Waals surface area contributed by atoms with Crippen molar-refractivity contribution in [2.24, 2.45) is 11.8 Å². The molecule has 136 valence electrons. The van der Waals surface area contributed by atoms with Gasteiger partial charge in [0.15, 0.2) is 0 Å². The van der Waals surface area contributed by atoms with Crippen LogP contribution in [0, 0.1) is 11.8 Å². The summed E-state index contributed by atoms with van der Waals surface area (Å²) in [6.45, 7) is 20.1. The molecule has 0 fully saturated rings. The van der Waals surface area contributed by atoms with Crippen molar-refractivity contribution in [1.29, 1.82) is 0 Å². The van der Waals surface area contributed by atoms with Crippen LogP contribution in [0.5, 0.6) is 0 Å². The maximum Gasteiger partial charge on any atom is -0.00368 e. The summed E-state index contributed by atoms with van der Waals surface area (Å²) >= 11 is 0. The fourth-order valence-corrected chi connectivity index (χ4v) is 1.99. The molecule has 0 aliphatic heterocycles. The van der Waals surface area contributed by atoms with Crippen LogP contribution in [0.2, 0.25) is 0 Å². The van der Waals surface area contributed by atoms with E-state index in [0.717, 1.165) is 31.5 Å². The molecular formula is C19H45N3. The van der Waals surface area contributed by atoms with E-state index < -0.39 is 0 Å². The average molecular weight is 316 g/mol. The predicted molar refractivity (Wildman–Crippen MR) is 103 cm³/mol. The molecule has 0 aliphatic rings. The zero-order valence-corrected chi connectivity index (χ0v) is 16.4. The van der Waals surface area contributed by atoms with Crippen LogP contribution in [0.4, 0.5) is 0 Å². The Hall–Kier alpha value is -0.120. The molecule has 0 saturated heterocycles. The van der Waals surface area contributed by atoms with Crippen LogP contribution < -0.4 is 16.0 Å². The Bertz CT molecular complexity index is 162. The van der Waals surface area contributed by atoms with Crippen LogP contribution in [0.15, 0.2) is 0 Å². The number of rotatable bonds is 15. The van der Waals surface area contributed by atoms with Gasteiger partial charge in [0.25, 0.3) is 0 Å². The van der Waals surface area contributed by atoms with Crippen molar-refractivity contribution in [2.75, 3.05) is 39.3 Å². The first-order valence-corrected chi connectivity index (χ1v) is 9.75. The van der Waals surface area contributed by atoms with Crippen molar-refractivity contribution < 1.29 is 0 Å². The minimum atomic E-state index is 0.815. The van der Waals surface area contributed by atoms with Crippen molar-refractivity contribution in [2.45, 2.75) is 73.6 Å². The smallest absolute Gasteiger partial charge is 0.00368 e. The van der Waals surface area contributed by atoms with Crippen molar-refractivity contribution in [3.8, 4) is 0 Å². The number of nitrogens with one attached hydrogen (secondary N) is 3. The van der Waals surface area contributed by atoms with E-state index in [9.17, 15) is 0 Å². The molecule has 0 amide bonds. The van der Waals surface area contributed by atoms with Gasteiger partial charge >= 0.3 is 0 Å². The molecule has 22 heavy (non-hydrogen) atoms. The summed E-state index contributed by atoms with van der Waals surface area (Å²) in [6, 6.07) is 0. The molecule has 0 aromatic carbocycles. The third-order valence-electron chi connectivity index (χ3n) is 3.46. The average Bonchev–Trinajstić information content (AvgIpc) is 2.49. The Morgan fingerprint density at radius 3 is 1.18 bits per heavy atom. The standard InChI is InChI=1S/C17H39N3.C2H6/c1-16(2)8-14-19-11-6-5-10-18-12-7-13-20-15-9-17(3)4;1-2/h16-20H,5-15H2,1-4H3;1-2H3. The first-order valence-electron chi connectivity index (χ1n) is 9.75. The molecule has 0 rings (SSSR count). The van der Waals surface area contributed by atoms with E-state index in [-0.39, 0.29) is 0 Å². The highest BCUT2D eigenvalue weighted by molar-refractivity contribution is 4.56. The van der Waals surface area contributed by atoms with E-state index in [2.05, 4.69) is 43.6 Å². The highest BCUT2D eigenvalue weighted by atomic mass is 14.9. The molecule has 0 aromatic heterocycles. The van der Waals surface area contributed by atoms with E-state index in [1.54, 1.807) is 0 Å². The minimum absolute atomic E-state index is 0.815. The molecule has 3 heteroatoms. The Morgan fingerprint density at radius 2 is 0.818 bits per heavy atom. The van der Waals surface area contributed by atoms with Crippen molar-refractivity contribution >= 4 is 0 Å². The first-order chi connectivity index (χ1) is 10.6. The number of hydrogen-bond acceptors (Lipinski definition) is 3. The molecule has 0 aliphatic carbocycles. The molecule has 0 bridgehead atoms. The lowest BCUT2D eigenvalue weighted by Crippen LogP contribution is -2.24. The Kier molecular flexibility index (Phi) is 22.9. The SMILES string of the molecule is CC.CC(C)CCNCCCCNCCCNCCC(C)C. The summed E-state index contributed by atoms with van der Waals surface area (Å²) < 4.78 is 0. The van der Waals surface area contributed by atoms with E-state index >= 15 is 0 Å². The maximum absolute atomic E-state index is 3.53. The molecule has 0 heterocycles. The zero-order chi connectivity index (χ0) is 17.1. The molecule has 0 unspecified atom stereocenters. The molecule has 0 atom stereocenters. The Balaban J connectivity index is 0. The summed E-state index contributed by atoms with van der Waals surface area (Å²) in [5, 5.41) is 10.5. The van der Waals surface area contributed by atoms with Gasteiger partial charge in [-0.1, -0.05) is 41.5 Å². The lowest BCUT2D eigenvalue weighted by molar-refractivity contribution is 0.511. The summed E-state index contributed by atoms with van der Waals surface area (Å²) in [5.74, 6) is 1.63. The topological polar surface area (TPSA) is 36.1 Å². The quantitative estimate of drug-likeness (QED) is 0.399. The second-order valence-electron chi connectivity index (χ2n) is 6.68. The van der Waals surface area contributed by atoms with Gasteiger partial charge in [-0.2, -0.15) is 0 Å². The van der Waals surface area contributed by atoms with E-state index in [0.29, 0.717) is 0 Å². The van der Waals surface area contributed by atoms with Gasteiger partial charge in [0.2, 0.25) is 0 Å². The lowest BCUT2D eigenvalue weighted by atomic mass is 10.1. The second kappa shape index (κ2) is 20.9. The van der Waals surface area contributed by atoms with E-state index in [4.69, 9.17) is 0 Å². The first kappa shape index (κ1) is 24.1. The highest BCUT2D eigenvalue weighted by Gasteiger charge is 1.94. The molecule has 0 radical (unpaired) electrons. The van der Waals surface area contributed by atoms with E-state index in [1.165, 1.54) is 51.7 Å². The normalized spacial score (nSPS) is 10.9. The molecule has 3 nitrogen and oxygen atoms in total. The molecule has 0 spiro atoms. The van der Waals surface area contributed by atoms with Crippen LogP contribution in [-0.2, 0) is 0 Å².